The van der Waals surface area contributed by atoms with E-state index < -0.39 is 0 Å². The van der Waals surface area contributed by atoms with Crippen LogP contribution >= 0.6 is 11.3 Å². The average molecular weight is 324 g/mol. The standard InChI is InChI=1S/C21H25NS/c1-4-18(2)16-22(3)14-12-21(20-8-6-5-7-9-20)11-10-19-13-15-23-17-19/h5-9,12-13,15,17-18H,4,14,16H2,1-3H3/b21-12-/t18-/m0/s1. The third kappa shape index (κ3) is 6.06. The summed E-state index contributed by atoms with van der Waals surface area (Å²) in [7, 11) is 2.18. The Balaban J connectivity index is 2.15. The van der Waals surface area contributed by atoms with E-state index in [2.05, 4.69) is 84.8 Å². The average Bonchev–Trinajstić information content (AvgIpc) is 3.09. The summed E-state index contributed by atoms with van der Waals surface area (Å²) < 4.78 is 0. The first-order valence-electron chi connectivity index (χ1n) is 8.17. The van der Waals surface area contributed by atoms with Crippen molar-refractivity contribution < 1.29 is 0 Å². The molecule has 0 radical (unpaired) electrons. The zero-order chi connectivity index (χ0) is 16.5. The van der Waals surface area contributed by atoms with Gasteiger partial charge in [-0.15, -0.1) is 0 Å². The van der Waals surface area contributed by atoms with Gasteiger partial charge in [0.05, 0.1) is 0 Å². The van der Waals surface area contributed by atoms with Gasteiger partial charge in [0.15, 0.2) is 0 Å². The third-order valence-electron chi connectivity index (χ3n) is 3.87. The van der Waals surface area contributed by atoms with Gasteiger partial charge in [-0.25, -0.2) is 0 Å². The fourth-order valence-corrected chi connectivity index (χ4v) is 2.90. The maximum absolute atomic E-state index is 3.35. The number of rotatable bonds is 6. The Morgan fingerprint density at radius 3 is 2.70 bits per heavy atom. The molecule has 0 spiro atoms. The molecule has 0 saturated carbocycles. The summed E-state index contributed by atoms with van der Waals surface area (Å²) in [4.78, 5) is 2.36. The first kappa shape index (κ1) is 17.5. The van der Waals surface area contributed by atoms with Gasteiger partial charge in [-0.1, -0.05) is 68.5 Å². The van der Waals surface area contributed by atoms with Crippen LogP contribution in [0.1, 0.15) is 31.4 Å². The lowest BCUT2D eigenvalue weighted by Crippen LogP contribution is -2.24. The number of likely N-dealkylation sites (N-methyl/N-ethyl adjacent to an activating group) is 1. The normalized spacial score (nSPS) is 12.8. The number of allylic oxidation sites excluding steroid dienone is 1. The second-order valence-corrected chi connectivity index (χ2v) is 6.76. The Hall–Kier alpha value is -1.82. The minimum absolute atomic E-state index is 0.727. The van der Waals surface area contributed by atoms with E-state index >= 15 is 0 Å². The van der Waals surface area contributed by atoms with Crippen molar-refractivity contribution in [1.82, 2.24) is 4.90 Å². The Bertz CT molecular complexity index is 659. The smallest absolute Gasteiger partial charge is 0.0356 e. The van der Waals surface area contributed by atoms with Crippen molar-refractivity contribution in [3.05, 3.63) is 64.4 Å². The van der Waals surface area contributed by atoms with Crippen molar-refractivity contribution in [2.75, 3.05) is 20.1 Å². The number of hydrogen-bond donors (Lipinski definition) is 0. The molecular formula is C21H25NS. The summed E-state index contributed by atoms with van der Waals surface area (Å²) in [6.07, 6.45) is 3.47. The van der Waals surface area contributed by atoms with Crippen LogP contribution in [0.15, 0.2) is 53.2 Å². The lowest BCUT2D eigenvalue weighted by Gasteiger charge is -2.18. The van der Waals surface area contributed by atoms with Crippen molar-refractivity contribution in [1.29, 1.82) is 0 Å². The minimum atomic E-state index is 0.727. The lowest BCUT2D eigenvalue weighted by atomic mass is 10.1. The van der Waals surface area contributed by atoms with Crippen LogP contribution in [-0.2, 0) is 0 Å². The van der Waals surface area contributed by atoms with Crippen LogP contribution in [0.5, 0.6) is 0 Å². The molecule has 120 valence electrons. The van der Waals surface area contributed by atoms with Gasteiger partial charge in [-0.05, 0) is 30.0 Å². The molecule has 1 nitrogen and oxygen atoms in total. The Labute approximate surface area is 144 Å². The molecule has 0 unspecified atom stereocenters. The largest absolute Gasteiger partial charge is 0.302 e. The molecule has 1 aromatic carbocycles. The van der Waals surface area contributed by atoms with Crippen LogP contribution in [0.4, 0.5) is 0 Å². The first-order valence-corrected chi connectivity index (χ1v) is 9.11. The molecule has 1 atom stereocenters. The van der Waals surface area contributed by atoms with Gasteiger partial charge >= 0.3 is 0 Å². The molecule has 0 N–H and O–H groups in total. The van der Waals surface area contributed by atoms with Gasteiger partial charge in [0.1, 0.15) is 0 Å². The van der Waals surface area contributed by atoms with Gasteiger partial charge in [-0.2, -0.15) is 11.3 Å². The van der Waals surface area contributed by atoms with Crippen LogP contribution in [0.2, 0.25) is 0 Å². The highest BCUT2D eigenvalue weighted by atomic mass is 32.1. The van der Waals surface area contributed by atoms with Gasteiger partial charge in [0.25, 0.3) is 0 Å². The first-order chi connectivity index (χ1) is 11.2. The van der Waals surface area contributed by atoms with Crippen molar-refractivity contribution in [3.63, 3.8) is 0 Å². The van der Waals surface area contributed by atoms with Crippen molar-refractivity contribution in [3.8, 4) is 11.8 Å². The van der Waals surface area contributed by atoms with E-state index in [1.807, 2.05) is 6.07 Å². The highest BCUT2D eigenvalue weighted by Crippen LogP contribution is 2.14. The summed E-state index contributed by atoms with van der Waals surface area (Å²) in [5, 5.41) is 4.15. The fourth-order valence-electron chi connectivity index (χ4n) is 2.32. The molecule has 23 heavy (non-hydrogen) atoms. The summed E-state index contributed by atoms with van der Waals surface area (Å²) in [5.41, 5.74) is 3.38. The second-order valence-electron chi connectivity index (χ2n) is 5.98. The molecule has 0 fully saturated rings. The summed E-state index contributed by atoms with van der Waals surface area (Å²) in [6, 6.07) is 12.5. The van der Waals surface area contributed by atoms with E-state index in [4.69, 9.17) is 0 Å². The maximum atomic E-state index is 3.35. The van der Waals surface area contributed by atoms with Crippen LogP contribution in [-0.4, -0.2) is 25.0 Å². The summed E-state index contributed by atoms with van der Waals surface area (Å²) in [6.45, 7) is 6.59. The van der Waals surface area contributed by atoms with Crippen LogP contribution in [0.25, 0.3) is 5.57 Å². The Kier molecular flexibility index (Phi) is 7.13. The van der Waals surface area contributed by atoms with Crippen LogP contribution in [0, 0.1) is 17.8 Å². The molecule has 0 aliphatic carbocycles. The van der Waals surface area contributed by atoms with Crippen molar-refractivity contribution in [2.24, 2.45) is 5.92 Å². The van der Waals surface area contributed by atoms with Crippen LogP contribution in [0.3, 0.4) is 0 Å². The van der Waals surface area contributed by atoms with Gasteiger partial charge in [0.2, 0.25) is 0 Å². The monoisotopic (exact) mass is 323 g/mol. The Morgan fingerprint density at radius 1 is 1.26 bits per heavy atom. The van der Waals surface area contributed by atoms with E-state index in [0.29, 0.717) is 0 Å². The molecule has 0 aliphatic heterocycles. The Morgan fingerprint density at radius 2 is 2.04 bits per heavy atom. The lowest BCUT2D eigenvalue weighted by molar-refractivity contribution is 0.308. The van der Waals surface area contributed by atoms with E-state index in [1.165, 1.54) is 12.0 Å². The number of hydrogen-bond acceptors (Lipinski definition) is 2. The van der Waals surface area contributed by atoms with Crippen molar-refractivity contribution >= 4 is 16.9 Å². The predicted octanol–water partition coefficient (Wildman–Crippen LogP) is 5.16. The number of nitrogens with zero attached hydrogens (tertiary/aromatic N) is 1. The highest BCUT2D eigenvalue weighted by molar-refractivity contribution is 7.08. The van der Waals surface area contributed by atoms with E-state index in [-0.39, 0.29) is 0 Å². The minimum Gasteiger partial charge on any atom is -0.302 e. The zero-order valence-electron chi connectivity index (χ0n) is 14.3. The molecule has 0 aliphatic rings. The number of benzene rings is 1. The molecule has 2 heteroatoms. The fraction of sp³-hybridized carbons (Fsp3) is 0.333. The van der Waals surface area contributed by atoms with Gasteiger partial charge in [0, 0.05) is 29.6 Å². The third-order valence-corrected chi connectivity index (χ3v) is 4.56. The second kappa shape index (κ2) is 9.35. The van der Waals surface area contributed by atoms with Gasteiger partial charge in [-0.3, -0.25) is 0 Å². The molecule has 2 rings (SSSR count). The number of thiophene rings is 1. The molecule has 2 aromatic rings. The van der Waals surface area contributed by atoms with E-state index in [0.717, 1.165) is 30.1 Å². The topological polar surface area (TPSA) is 3.24 Å². The molecule has 0 saturated heterocycles. The predicted molar refractivity (Wildman–Crippen MR) is 103 cm³/mol. The van der Waals surface area contributed by atoms with Crippen LogP contribution < -0.4 is 0 Å². The van der Waals surface area contributed by atoms with E-state index in [9.17, 15) is 0 Å². The quantitative estimate of drug-likeness (QED) is 0.664. The van der Waals surface area contributed by atoms with Crippen molar-refractivity contribution in [2.45, 2.75) is 20.3 Å². The molecule has 0 bridgehead atoms. The molecule has 1 aromatic heterocycles. The highest BCUT2D eigenvalue weighted by Gasteiger charge is 2.04. The SMILES string of the molecule is CC[C@H](C)CN(C)C/C=C(/C#Cc1ccsc1)c1ccccc1. The summed E-state index contributed by atoms with van der Waals surface area (Å²) in [5.74, 6) is 7.35. The molecule has 1 heterocycles. The molecular weight excluding hydrogens is 298 g/mol. The van der Waals surface area contributed by atoms with Gasteiger partial charge < -0.3 is 4.90 Å². The zero-order valence-corrected chi connectivity index (χ0v) is 15.1. The molecule has 0 amide bonds. The summed E-state index contributed by atoms with van der Waals surface area (Å²) >= 11 is 1.68. The van der Waals surface area contributed by atoms with E-state index in [1.54, 1.807) is 11.3 Å². The maximum Gasteiger partial charge on any atom is 0.0356 e.